The number of hydrogen-bond acceptors (Lipinski definition) is 3. The van der Waals surface area contributed by atoms with Gasteiger partial charge in [0.2, 0.25) is 0 Å². The zero-order valence-corrected chi connectivity index (χ0v) is 8.55. The number of rotatable bonds is 5. The van der Waals surface area contributed by atoms with E-state index in [0.717, 1.165) is 45.6 Å². The molecule has 0 aromatic rings. The van der Waals surface area contributed by atoms with E-state index in [0.29, 0.717) is 5.41 Å². The largest absolute Gasteiger partial charge is 0.385 e. The quantitative estimate of drug-likeness (QED) is 0.657. The lowest BCUT2D eigenvalue weighted by Gasteiger charge is -2.36. The second-order valence-electron chi connectivity index (χ2n) is 3.91. The van der Waals surface area contributed by atoms with E-state index in [2.05, 4.69) is 0 Å². The fourth-order valence-electron chi connectivity index (χ4n) is 1.95. The first kappa shape index (κ1) is 11.0. The molecule has 0 unspecified atom stereocenters. The van der Waals surface area contributed by atoms with Gasteiger partial charge in [0, 0.05) is 26.9 Å². The fourth-order valence-corrected chi connectivity index (χ4v) is 1.95. The van der Waals surface area contributed by atoms with Crippen molar-refractivity contribution >= 4 is 0 Å². The summed E-state index contributed by atoms with van der Waals surface area (Å²) in [7, 11) is 1.75. The van der Waals surface area contributed by atoms with Gasteiger partial charge < -0.3 is 15.2 Å². The lowest BCUT2D eigenvalue weighted by molar-refractivity contribution is 0.0106. The molecule has 1 aliphatic rings. The maximum atomic E-state index is 5.82. The van der Waals surface area contributed by atoms with Gasteiger partial charge in [0.15, 0.2) is 0 Å². The minimum absolute atomic E-state index is 0.344. The summed E-state index contributed by atoms with van der Waals surface area (Å²) < 4.78 is 10.4. The molecule has 78 valence electrons. The standard InChI is InChI=1S/C10H21NO2/c1-12-6-2-3-10(9-11)4-7-13-8-5-10/h2-9,11H2,1H3. The van der Waals surface area contributed by atoms with Gasteiger partial charge in [-0.05, 0) is 37.6 Å². The molecule has 1 fully saturated rings. The van der Waals surface area contributed by atoms with Crippen molar-refractivity contribution in [2.24, 2.45) is 11.1 Å². The summed E-state index contributed by atoms with van der Waals surface area (Å²) >= 11 is 0. The van der Waals surface area contributed by atoms with Crippen LogP contribution in [0.2, 0.25) is 0 Å². The van der Waals surface area contributed by atoms with E-state index in [1.165, 1.54) is 6.42 Å². The molecule has 0 aromatic carbocycles. The Morgan fingerprint density at radius 2 is 2.08 bits per heavy atom. The van der Waals surface area contributed by atoms with E-state index in [-0.39, 0.29) is 0 Å². The van der Waals surface area contributed by atoms with E-state index < -0.39 is 0 Å². The molecule has 1 aliphatic heterocycles. The molecule has 0 aromatic heterocycles. The summed E-state index contributed by atoms with van der Waals surface area (Å²) in [5, 5.41) is 0. The number of methoxy groups -OCH3 is 1. The van der Waals surface area contributed by atoms with Gasteiger partial charge >= 0.3 is 0 Å². The van der Waals surface area contributed by atoms with Gasteiger partial charge in [-0.15, -0.1) is 0 Å². The Morgan fingerprint density at radius 3 is 2.62 bits per heavy atom. The average Bonchev–Trinajstić information content (AvgIpc) is 2.20. The number of ether oxygens (including phenoxy) is 2. The van der Waals surface area contributed by atoms with E-state index in [1.807, 2.05) is 0 Å². The number of hydrogen-bond donors (Lipinski definition) is 1. The van der Waals surface area contributed by atoms with Crippen LogP contribution in [0.15, 0.2) is 0 Å². The van der Waals surface area contributed by atoms with Crippen LogP contribution in [0, 0.1) is 5.41 Å². The first-order chi connectivity index (χ1) is 6.33. The topological polar surface area (TPSA) is 44.5 Å². The average molecular weight is 187 g/mol. The molecule has 1 rings (SSSR count). The molecule has 3 heteroatoms. The van der Waals surface area contributed by atoms with Crippen molar-refractivity contribution < 1.29 is 9.47 Å². The van der Waals surface area contributed by atoms with Crippen LogP contribution in [-0.4, -0.2) is 33.5 Å². The van der Waals surface area contributed by atoms with Crippen molar-refractivity contribution in [3.8, 4) is 0 Å². The third-order valence-corrected chi connectivity index (χ3v) is 3.04. The molecule has 1 saturated heterocycles. The van der Waals surface area contributed by atoms with Crippen LogP contribution in [0.4, 0.5) is 0 Å². The smallest absolute Gasteiger partial charge is 0.0471 e. The van der Waals surface area contributed by atoms with Gasteiger partial charge in [-0.3, -0.25) is 0 Å². The van der Waals surface area contributed by atoms with Gasteiger partial charge in [-0.1, -0.05) is 0 Å². The van der Waals surface area contributed by atoms with Gasteiger partial charge in [-0.25, -0.2) is 0 Å². The Bertz CT molecular complexity index is 133. The molecule has 0 spiro atoms. The summed E-state index contributed by atoms with van der Waals surface area (Å²) in [6, 6.07) is 0. The van der Waals surface area contributed by atoms with Crippen molar-refractivity contribution in [3.05, 3.63) is 0 Å². The second-order valence-corrected chi connectivity index (χ2v) is 3.91. The summed E-state index contributed by atoms with van der Waals surface area (Å²) in [6.45, 7) is 3.40. The fraction of sp³-hybridized carbons (Fsp3) is 1.00. The molecular formula is C10H21NO2. The van der Waals surface area contributed by atoms with Crippen molar-refractivity contribution in [1.29, 1.82) is 0 Å². The molecule has 0 aliphatic carbocycles. The minimum Gasteiger partial charge on any atom is -0.385 e. The highest BCUT2D eigenvalue weighted by Crippen LogP contribution is 2.33. The van der Waals surface area contributed by atoms with Crippen LogP contribution in [0.5, 0.6) is 0 Å². The van der Waals surface area contributed by atoms with Crippen LogP contribution in [0.3, 0.4) is 0 Å². The van der Waals surface area contributed by atoms with Crippen LogP contribution >= 0.6 is 0 Å². The maximum Gasteiger partial charge on any atom is 0.0471 e. The Labute approximate surface area is 80.6 Å². The highest BCUT2D eigenvalue weighted by atomic mass is 16.5. The molecule has 0 saturated carbocycles. The lowest BCUT2D eigenvalue weighted by atomic mass is 9.76. The maximum absolute atomic E-state index is 5.82. The van der Waals surface area contributed by atoms with E-state index in [9.17, 15) is 0 Å². The van der Waals surface area contributed by atoms with Crippen molar-refractivity contribution in [2.75, 3.05) is 33.5 Å². The predicted octanol–water partition coefficient (Wildman–Crippen LogP) is 1.17. The molecular weight excluding hydrogens is 166 g/mol. The molecule has 1 heterocycles. The zero-order chi connectivity index (χ0) is 9.57. The van der Waals surface area contributed by atoms with Crippen LogP contribution in [-0.2, 0) is 9.47 Å². The normalized spacial score (nSPS) is 21.7. The van der Waals surface area contributed by atoms with Crippen LogP contribution in [0.1, 0.15) is 25.7 Å². The monoisotopic (exact) mass is 187 g/mol. The molecule has 3 nitrogen and oxygen atoms in total. The third kappa shape index (κ3) is 3.25. The Hall–Kier alpha value is -0.120. The Kier molecular flexibility index (Phi) is 4.70. The third-order valence-electron chi connectivity index (χ3n) is 3.04. The minimum atomic E-state index is 0.344. The van der Waals surface area contributed by atoms with Crippen molar-refractivity contribution in [1.82, 2.24) is 0 Å². The molecule has 13 heavy (non-hydrogen) atoms. The lowest BCUT2D eigenvalue weighted by Crippen LogP contribution is -2.36. The van der Waals surface area contributed by atoms with Gasteiger partial charge in [0.1, 0.15) is 0 Å². The molecule has 0 radical (unpaired) electrons. The van der Waals surface area contributed by atoms with Crippen LogP contribution < -0.4 is 5.73 Å². The number of nitrogens with two attached hydrogens (primary N) is 1. The summed E-state index contributed by atoms with van der Waals surface area (Å²) in [5.74, 6) is 0. The van der Waals surface area contributed by atoms with Crippen molar-refractivity contribution in [3.63, 3.8) is 0 Å². The second kappa shape index (κ2) is 5.58. The molecule has 0 amide bonds. The van der Waals surface area contributed by atoms with E-state index in [1.54, 1.807) is 7.11 Å². The Balaban J connectivity index is 2.29. The first-order valence-electron chi connectivity index (χ1n) is 5.10. The molecule has 2 N–H and O–H groups in total. The summed E-state index contributed by atoms with van der Waals surface area (Å²) in [5.41, 5.74) is 6.17. The Morgan fingerprint density at radius 1 is 1.38 bits per heavy atom. The van der Waals surface area contributed by atoms with Gasteiger partial charge in [-0.2, -0.15) is 0 Å². The SMILES string of the molecule is COCCCC1(CN)CCOCC1. The highest BCUT2D eigenvalue weighted by Gasteiger charge is 2.30. The van der Waals surface area contributed by atoms with Gasteiger partial charge in [0.05, 0.1) is 0 Å². The highest BCUT2D eigenvalue weighted by molar-refractivity contribution is 4.82. The molecule has 0 bridgehead atoms. The van der Waals surface area contributed by atoms with Gasteiger partial charge in [0.25, 0.3) is 0 Å². The summed E-state index contributed by atoms with van der Waals surface area (Å²) in [6.07, 6.45) is 4.54. The first-order valence-corrected chi connectivity index (χ1v) is 5.10. The predicted molar refractivity (Wildman–Crippen MR) is 52.7 cm³/mol. The van der Waals surface area contributed by atoms with Crippen molar-refractivity contribution in [2.45, 2.75) is 25.7 Å². The summed E-state index contributed by atoms with van der Waals surface area (Å²) in [4.78, 5) is 0. The van der Waals surface area contributed by atoms with E-state index >= 15 is 0 Å². The zero-order valence-electron chi connectivity index (χ0n) is 8.55. The van der Waals surface area contributed by atoms with Crippen LogP contribution in [0.25, 0.3) is 0 Å². The molecule has 0 atom stereocenters. The van der Waals surface area contributed by atoms with E-state index in [4.69, 9.17) is 15.2 Å².